The molecule has 2 atom stereocenters. The quantitative estimate of drug-likeness (QED) is 0.115. The third-order valence-electron chi connectivity index (χ3n) is 30.0. The van der Waals surface area contributed by atoms with Crippen LogP contribution < -0.4 is 43.3 Å². The minimum absolute atomic E-state index is 0.0825. The Morgan fingerprint density at radius 3 is 1.18 bits per heavy atom. The SMILES string of the molecule is CCN1CCC(c2ccc3nc(-c4cc(Cl)c5nc(C)cn5c4)cc(=O)n3c2)CC1.CCN1CCC(c2ccc3nc(-c4cc5c(C)nc(C)cn5n4)cc(=O)n3n2)CC1.Cc1cn2cc(-c3cc(=O)n4cc(C5CCN(C)CC5)ccc4n3)cc(Cl)c2n1.Cc1cn2cc(-c3cc(=O)n4cc(C5CCNCC5)ccc4n3)cc(Cl)c2n1.Cc1cn2nc(-c3cc(=O)n4cc(N5CCC6NCCC6C5)ccc4n3)cc2c(C)n1. The second-order valence-electron chi connectivity index (χ2n) is 40.2. The number of rotatable bonds is 12. The van der Waals surface area contributed by atoms with Crippen molar-refractivity contribution in [2.24, 2.45) is 5.92 Å². The van der Waals surface area contributed by atoms with Gasteiger partial charge in [-0.2, -0.15) is 19.8 Å². The van der Waals surface area contributed by atoms with Crippen molar-refractivity contribution < 1.29 is 0 Å². The van der Waals surface area contributed by atoms with Gasteiger partial charge < -0.3 is 43.4 Å². The van der Waals surface area contributed by atoms with Gasteiger partial charge in [0.1, 0.15) is 34.0 Å². The minimum Gasteiger partial charge on any atom is -0.370 e. The summed E-state index contributed by atoms with van der Waals surface area (Å²) in [6, 6.07) is 37.8. The molecule has 0 radical (unpaired) electrons. The molecule has 26 rings (SSSR count). The fraction of sp³-hybridized carbons (Fsp3) is 0.351. The molecule has 6 aliphatic heterocycles. The number of nitrogens with one attached hydrogen (secondary N) is 2. The maximum Gasteiger partial charge on any atom is 0.275 e. The Hall–Kier alpha value is -14.5. The molecule has 148 heavy (non-hydrogen) atoms. The number of likely N-dealkylation sites (tertiary alicyclic amines) is 3. The third kappa shape index (κ3) is 20.4. The van der Waals surface area contributed by atoms with Crippen LogP contribution in [0.2, 0.25) is 15.1 Å². The fourth-order valence-corrected chi connectivity index (χ4v) is 22.8. The molecule has 6 aliphatic rings. The molecule has 2 N–H and O–H groups in total. The van der Waals surface area contributed by atoms with Gasteiger partial charge in [0.25, 0.3) is 27.8 Å². The molecule has 26 heterocycles. The smallest absolute Gasteiger partial charge is 0.275 e. The maximum atomic E-state index is 13.0. The van der Waals surface area contributed by atoms with Gasteiger partial charge in [0, 0.05) is 134 Å². The van der Waals surface area contributed by atoms with Gasteiger partial charge in [0.2, 0.25) is 0 Å². The summed E-state index contributed by atoms with van der Waals surface area (Å²) in [6.45, 7) is 31.9. The van der Waals surface area contributed by atoms with E-state index in [4.69, 9.17) is 54.7 Å². The molecular formula is C111H116Cl3N29O5. The number of hydrogen-bond acceptors (Lipinski definition) is 24. The number of piperidine rings is 5. The van der Waals surface area contributed by atoms with E-state index in [1.54, 1.807) is 50.9 Å². The van der Waals surface area contributed by atoms with Gasteiger partial charge in [-0.25, -0.2) is 48.9 Å². The first-order valence-corrected chi connectivity index (χ1v) is 52.3. The predicted octanol–water partition coefficient (Wildman–Crippen LogP) is 16.2. The largest absolute Gasteiger partial charge is 0.370 e. The van der Waals surface area contributed by atoms with Gasteiger partial charge in [-0.05, 0) is 305 Å². The Kier molecular flexibility index (Phi) is 27.4. The van der Waals surface area contributed by atoms with Crippen molar-refractivity contribution in [3.63, 3.8) is 0 Å². The van der Waals surface area contributed by atoms with Crippen LogP contribution in [-0.2, 0) is 0 Å². The topological polar surface area (TPSA) is 334 Å². The number of halogens is 3. The Balaban J connectivity index is 0.000000105. The molecule has 37 heteroatoms. The van der Waals surface area contributed by atoms with Crippen molar-refractivity contribution >= 4 is 96.7 Å². The first kappa shape index (κ1) is 98.2. The second-order valence-corrected chi connectivity index (χ2v) is 41.4. The van der Waals surface area contributed by atoms with Crippen LogP contribution in [0.15, 0.2) is 220 Å². The van der Waals surface area contributed by atoms with Crippen molar-refractivity contribution in [2.45, 2.75) is 156 Å². The highest BCUT2D eigenvalue weighted by molar-refractivity contribution is 6.34. The monoisotopic (exact) mass is 2040 g/mol. The summed E-state index contributed by atoms with van der Waals surface area (Å²) in [6.07, 6.45) is 34.2. The van der Waals surface area contributed by atoms with Crippen molar-refractivity contribution in [2.75, 3.05) is 97.0 Å². The number of fused-ring (bicyclic) bond motifs is 11. The highest BCUT2D eigenvalue weighted by Crippen LogP contribution is 2.37. The second kappa shape index (κ2) is 41.3. The Labute approximate surface area is 866 Å². The number of imidazole rings is 3. The molecule has 34 nitrogen and oxygen atoms in total. The first-order valence-electron chi connectivity index (χ1n) is 51.1. The van der Waals surface area contributed by atoms with Crippen molar-refractivity contribution in [3.8, 4) is 56.5 Å². The maximum absolute atomic E-state index is 13.0. The van der Waals surface area contributed by atoms with Gasteiger partial charge >= 0.3 is 0 Å². The van der Waals surface area contributed by atoms with Gasteiger partial charge in [-0.15, -0.1) is 0 Å². The summed E-state index contributed by atoms with van der Waals surface area (Å²) < 4.78 is 17.2. The van der Waals surface area contributed by atoms with Crippen molar-refractivity contribution in [1.82, 2.24) is 135 Å². The summed E-state index contributed by atoms with van der Waals surface area (Å²) in [5.74, 6) is 2.56. The van der Waals surface area contributed by atoms with Crippen LogP contribution in [-0.4, -0.2) is 222 Å². The van der Waals surface area contributed by atoms with Crippen LogP contribution in [0.1, 0.15) is 164 Å². The highest BCUT2D eigenvalue weighted by Gasteiger charge is 2.34. The zero-order chi connectivity index (χ0) is 102. The average molecular weight is 2040 g/mol. The van der Waals surface area contributed by atoms with E-state index in [1.165, 1.54) is 33.7 Å². The summed E-state index contributed by atoms with van der Waals surface area (Å²) in [5.41, 5.74) is 25.1. The van der Waals surface area contributed by atoms with E-state index in [-0.39, 0.29) is 27.8 Å². The normalized spacial score (nSPS) is 17.0. The van der Waals surface area contributed by atoms with Crippen LogP contribution in [0.25, 0.3) is 113 Å². The molecule has 0 saturated carbocycles. The number of nitrogens with zero attached hydrogens (tertiary/aromatic N) is 27. The van der Waals surface area contributed by atoms with E-state index in [9.17, 15) is 24.0 Å². The summed E-state index contributed by atoms with van der Waals surface area (Å²) in [5, 5.41) is 22.5. The molecule has 2 unspecified atom stereocenters. The lowest BCUT2D eigenvalue weighted by Gasteiger charge is -2.36. The molecule has 0 bridgehead atoms. The number of aromatic nitrogens is 23. The van der Waals surface area contributed by atoms with Crippen LogP contribution in [0.4, 0.5) is 5.69 Å². The molecule has 756 valence electrons. The summed E-state index contributed by atoms with van der Waals surface area (Å²) in [4.78, 5) is 120. The minimum atomic E-state index is -0.189. The van der Waals surface area contributed by atoms with Gasteiger partial charge in [0.05, 0.1) is 118 Å². The Bertz CT molecular complexity index is 8870. The van der Waals surface area contributed by atoms with Crippen LogP contribution in [0, 0.1) is 54.4 Å². The highest BCUT2D eigenvalue weighted by atomic mass is 35.5. The van der Waals surface area contributed by atoms with Gasteiger partial charge in [-0.3, -0.25) is 51.5 Å². The molecule has 20 aromatic rings. The van der Waals surface area contributed by atoms with E-state index in [2.05, 4.69) is 121 Å². The number of hydrogen-bond donors (Lipinski definition) is 2. The molecule has 6 saturated heterocycles. The van der Waals surface area contributed by atoms with Gasteiger partial charge in [0.15, 0.2) is 22.6 Å². The predicted molar refractivity (Wildman–Crippen MR) is 579 cm³/mol. The summed E-state index contributed by atoms with van der Waals surface area (Å²) >= 11 is 19.2. The van der Waals surface area contributed by atoms with E-state index < -0.39 is 0 Å². The van der Waals surface area contributed by atoms with E-state index in [1.807, 2.05) is 203 Å². The Morgan fingerprint density at radius 2 is 0.723 bits per heavy atom. The molecule has 0 spiro atoms. The van der Waals surface area contributed by atoms with E-state index >= 15 is 0 Å². The standard InChI is InChI=1S/C23H24ClN5O.C23H25N7O.C22H22ClN5O.C22H25N7O.C21H20ClN5O/c1-3-27-8-6-16(7-9-27)17-4-5-21-26-20(11-22(30)29(21)14-17)18-10-19(24)23-25-15(2)12-28(23)13-18;1-14-11-30-21(15(2)25-14)9-20(27-30)19-10-23(31)29-13-17(3-4-22(29)26-19)28-8-6-18-16(12-28)5-7-24-18;1-14-11-27-12-17(9-18(23)22(27)24-14)19-10-21(29)28-13-16(3-4-20(28)25-19)15-5-7-26(2)8-6-15;1-4-27-9-7-16(8-10-27)17-5-6-21-24-18(12-22(30)29(21)26-17)19-11-20-15(3)23-14(2)13-28(20)25-19;1-13-10-26-11-16(8-17(22)21(26)24-13)18-9-20(28)27-12-15(2-3-19(27)25-18)14-4-6-23-7-5-14/h4-5,10-14,16H,3,6-9H2,1-2H3;3-4,9-11,13,16,18,24H,5-8,12H2,1-2H3;3-4,9-13,15H,5-8H2,1-2H3;5-6,11-13,16H,4,7-10H2,1-3H3;2-3,8-12,14,23H,4-7H2,1H3. The molecule has 6 fully saturated rings. The third-order valence-corrected chi connectivity index (χ3v) is 30.9. The van der Waals surface area contributed by atoms with Crippen LogP contribution >= 0.6 is 34.8 Å². The van der Waals surface area contributed by atoms with Gasteiger partial charge in [-0.1, -0.05) is 66.8 Å². The number of anilines is 1. The zero-order valence-corrected chi connectivity index (χ0v) is 86.7. The molecule has 0 amide bonds. The lowest BCUT2D eigenvalue weighted by molar-refractivity contribution is 0.220. The summed E-state index contributed by atoms with van der Waals surface area (Å²) in [7, 11) is 2.15. The lowest BCUT2D eigenvalue weighted by Crippen LogP contribution is -2.44. The van der Waals surface area contributed by atoms with Crippen molar-refractivity contribution in [1.29, 1.82) is 0 Å². The number of pyridine rings is 7. The van der Waals surface area contributed by atoms with Crippen LogP contribution in [0.3, 0.4) is 0 Å². The fourth-order valence-electron chi connectivity index (χ4n) is 22.0. The zero-order valence-electron chi connectivity index (χ0n) is 84.5. The van der Waals surface area contributed by atoms with Crippen molar-refractivity contribution in [3.05, 3.63) is 325 Å². The van der Waals surface area contributed by atoms with E-state index in [0.717, 1.165) is 222 Å². The Morgan fingerprint density at radius 1 is 0.338 bits per heavy atom. The van der Waals surface area contributed by atoms with Crippen LogP contribution in [0.5, 0.6) is 0 Å². The molecular weight excluding hydrogens is 1930 g/mol. The first-order chi connectivity index (χ1) is 71.6. The molecule has 20 aromatic heterocycles. The molecule has 0 aliphatic carbocycles. The van der Waals surface area contributed by atoms with E-state index in [0.29, 0.717) is 136 Å². The molecule has 0 aromatic carbocycles. The lowest BCUT2D eigenvalue weighted by atomic mass is 9.90. The number of aryl methyl sites for hydroxylation is 7. The average Bonchev–Trinajstić information content (AvgIpc) is 1.50.